The lowest BCUT2D eigenvalue weighted by atomic mass is 10.1. The van der Waals surface area contributed by atoms with Crippen LogP contribution in [0.25, 0.3) is 28.2 Å². The van der Waals surface area contributed by atoms with Crippen molar-refractivity contribution in [1.29, 1.82) is 0 Å². The van der Waals surface area contributed by atoms with E-state index < -0.39 is 6.61 Å². The third-order valence-corrected chi connectivity index (χ3v) is 4.94. The quantitative estimate of drug-likeness (QED) is 0.472. The van der Waals surface area contributed by atoms with Crippen LogP contribution in [-0.4, -0.2) is 29.4 Å². The first-order valence-electron chi connectivity index (χ1n) is 9.49. The maximum Gasteiger partial charge on any atom is 0.277 e. The fourth-order valence-electron chi connectivity index (χ4n) is 3.43. The minimum atomic E-state index is -0.395. The Morgan fingerprint density at radius 2 is 1.77 bits per heavy atom. The van der Waals surface area contributed by atoms with Crippen LogP contribution in [0.15, 0.2) is 76.3 Å². The zero-order valence-corrected chi connectivity index (χ0v) is 16.1. The number of benzene rings is 2. The number of hydrogen-bond acceptors (Lipinski definition) is 6. The van der Waals surface area contributed by atoms with Crippen LogP contribution in [0.2, 0.25) is 0 Å². The molecule has 0 fully saturated rings. The number of aromatic nitrogens is 5. The highest BCUT2D eigenvalue weighted by molar-refractivity contribution is 5.72. The van der Waals surface area contributed by atoms with Crippen LogP contribution in [0.5, 0.6) is 0 Å². The predicted molar refractivity (Wildman–Crippen MR) is 110 cm³/mol. The maximum atomic E-state index is 13.3. The van der Waals surface area contributed by atoms with Gasteiger partial charge >= 0.3 is 0 Å². The molecule has 1 N–H and O–H groups in total. The molecule has 154 valence electrons. The van der Waals surface area contributed by atoms with Crippen molar-refractivity contribution in [3.8, 4) is 22.6 Å². The Kier molecular flexibility index (Phi) is 4.64. The Balaban J connectivity index is 1.54. The van der Waals surface area contributed by atoms with Crippen molar-refractivity contribution >= 4 is 5.52 Å². The lowest BCUT2D eigenvalue weighted by Gasteiger charge is -2.03. The minimum Gasteiger partial charge on any atom is -0.392 e. The van der Waals surface area contributed by atoms with Crippen LogP contribution in [0.3, 0.4) is 0 Å². The summed E-state index contributed by atoms with van der Waals surface area (Å²) < 4.78 is 21.4. The number of fused-ring (bicyclic) bond motifs is 1. The lowest BCUT2D eigenvalue weighted by molar-refractivity contribution is 0.283. The molecule has 0 amide bonds. The van der Waals surface area contributed by atoms with Gasteiger partial charge in [0.1, 0.15) is 17.9 Å². The molecule has 0 aliphatic rings. The molecule has 3 heterocycles. The predicted octanol–water partition coefficient (Wildman–Crippen LogP) is 2.89. The van der Waals surface area contributed by atoms with Crippen LogP contribution in [0, 0.1) is 5.82 Å². The summed E-state index contributed by atoms with van der Waals surface area (Å²) in [5, 5.41) is 18.3. The van der Waals surface area contributed by atoms with E-state index in [9.17, 15) is 14.3 Å². The lowest BCUT2D eigenvalue weighted by Crippen LogP contribution is -2.22. The van der Waals surface area contributed by atoms with Gasteiger partial charge in [0.2, 0.25) is 11.7 Å². The molecular formula is C22H16FN5O3. The van der Waals surface area contributed by atoms with Gasteiger partial charge in [-0.05, 0) is 24.3 Å². The summed E-state index contributed by atoms with van der Waals surface area (Å²) in [5.41, 5.74) is 2.05. The normalized spacial score (nSPS) is 11.3. The molecule has 5 rings (SSSR count). The van der Waals surface area contributed by atoms with Crippen molar-refractivity contribution in [3.63, 3.8) is 0 Å². The molecule has 0 bridgehead atoms. The van der Waals surface area contributed by atoms with Gasteiger partial charge < -0.3 is 14.2 Å². The molecule has 5 aromatic rings. The molecule has 0 spiro atoms. The molecule has 0 unspecified atom stereocenters. The van der Waals surface area contributed by atoms with E-state index in [-0.39, 0.29) is 29.3 Å². The van der Waals surface area contributed by atoms with Gasteiger partial charge in [-0.1, -0.05) is 35.5 Å². The van der Waals surface area contributed by atoms with Crippen LogP contribution >= 0.6 is 0 Å². The Morgan fingerprint density at radius 3 is 2.52 bits per heavy atom. The Morgan fingerprint density at radius 1 is 1.00 bits per heavy atom. The topological polar surface area (TPSA) is 98.4 Å². The second-order valence-electron chi connectivity index (χ2n) is 6.89. The van der Waals surface area contributed by atoms with Crippen molar-refractivity contribution < 1.29 is 14.0 Å². The zero-order chi connectivity index (χ0) is 21.4. The third-order valence-electron chi connectivity index (χ3n) is 4.94. The summed E-state index contributed by atoms with van der Waals surface area (Å²) in [5.74, 6) is 0.327. The van der Waals surface area contributed by atoms with Gasteiger partial charge in [0, 0.05) is 29.1 Å². The molecule has 0 saturated carbocycles. The zero-order valence-electron chi connectivity index (χ0n) is 16.1. The SMILES string of the molecule is O=c1c2c(CO)c(-c3ccc(F)cc3)nn2ccn1Cc1nc(-c2ccccc2)no1. The minimum absolute atomic E-state index is 0.0666. The monoisotopic (exact) mass is 417 g/mol. The number of aliphatic hydroxyl groups excluding tert-OH is 1. The van der Waals surface area contributed by atoms with Crippen molar-refractivity contribution in [3.05, 3.63) is 94.6 Å². The van der Waals surface area contributed by atoms with E-state index in [2.05, 4.69) is 15.2 Å². The average molecular weight is 417 g/mol. The fourth-order valence-corrected chi connectivity index (χ4v) is 3.43. The van der Waals surface area contributed by atoms with Crippen LogP contribution < -0.4 is 5.56 Å². The van der Waals surface area contributed by atoms with Crippen molar-refractivity contribution in [2.24, 2.45) is 0 Å². The van der Waals surface area contributed by atoms with Gasteiger partial charge in [-0.2, -0.15) is 10.1 Å². The third kappa shape index (κ3) is 3.40. The second kappa shape index (κ2) is 7.62. The van der Waals surface area contributed by atoms with E-state index >= 15 is 0 Å². The summed E-state index contributed by atoms with van der Waals surface area (Å²) in [7, 11) is 0. The number of rotatable bonds is 5. The molecule has 0 atom stereocenters. The van der Waals surface area contributed by atoms with Crippen molar-refractivity contribution in [2.75, 3.05) is 0 Å². The van der Waals surface area contributed by atoms with Gasteiger partial charge in [-0.25, -0.2) is 8.91 Å². The molecule has 2 aromatic carbocycles. The first kappa shape index (κ1) is 18.9. The summed E-state index contributed by atoms with van der Waals surface area (Å²) in [4.78, 5) is 17.5. The first-order chi connectivity index (χ1) is 15.1. The molecule has 3 aromatic heterocycles. The smallest absolute Gasteiger partial charge is 0.277 e. The van der Waals surface area contributed by atoms with Crippen molar-refractivity contribution in [1.82, 2.24) is 24.3 Å². The van der Waals surface area contributed by atoms with E-state index in [4.69, 9.17) is 4.52 Å². The highest BCUT2D eigenvalue weighted by Gasteiger charge is 2.19. The summed E-state index contributed by atoms with van der Waals surface area (Å²) in [6, 6.07) is 15.1. The molecule has 9 heteroatoms. The van der Waals surface area contributed by atoms with Crippen molar-refractivity contribution in [2.45, 2.75) is 13.2 Å². The maximum absolute atomic E-state index is 13.3. The number of hydrogen-bond donors (Lipinski definition) is 1. The summed E-state index contributed by atoms with van der Waals surface area (Å²) in [6.45, 7) is -0.328. The van der Waals surface area contributed by atoms with Gasteiger partial charge in [-0.3, -0.25) is 4.79 Å². The average Bonchev–Trinajstić information content (AvgIpc) is 3.42. The summed E-state index contributed by atoms with van der Waals surface area (Å²) >= 11 is 0. The summed E-state index contributed by atoms with van der Waals surface area (Å²) in [6.07, 6.45) is 3.17. The fraction of sp³-hybridized carbons (Fsp3) is 0.0909. The highest BCUT2D eigenvalue weighted by Crippen LogP contribution is 2.25. The molecule has 8 nitrogen and oxygen atoms in total. The van der Waals surface area contributed by atoms with E-state index in [1.807, 2.05) is 30.3 Å². The Hall–Kier alpha value is -4.11. The van der Waals surface area contributed by atoms with E-state index in [1.165, 1.54) is 21.2 Å². The van der Waals surface area contributed by atoms with E-state index in [0.29, 0.717) is 22.6 Å². The van der Waals surface area contributed by atoms with E-state index in [0.717, 1.165) is 5.56 Å². The molecule has 0 radical (unpaired) electrons. The van der Waals surface area contributed by atoms with Crippen LogP contribution in [-0.2, 0) is 13.2 Å². The molecule has 31 heavy (non-hydrogen) atoms. The first-order valence-corrected chi connectivity index (χ1v) is 9.49. The number of aliphatic hydroxyl groups is 1. The van der Waals surface area contributed by atoms with Gasteiger partial charge in [0.25, 0.3) is 5.56 Å². The largest absolute Gasteiger partial charge is 0.392 e. The van der Waals surface area contributed by atoms with Gasteiger partial charge in [-0.15, -0.1) is 0 Å². The standard InChI is InChI=1S/C22H16FN5O3/c23-16-8-6-14(7-9-16)19-17(13-29)20-22(30)27(10-11-28(20)25-19)12-18-24-21(26-31-18)15-4-2-1-3-5-15/h1-11,29H,12-13H2. The molecule has 0 aliphatic heterocycles. The second-order valence-corrected chi connectivity index (χ2v) is 6.89. The number of halogens is 1. The van der Waals surface area contributed by atoms with Crippen LogP contribution in [0.1, 0.15) is 11.5 Å². The highest BCUT2D eigenvalue weighted by atomic mass is 19.1. The number of nitrogens with zero attached hydrogens (tertiary/aromatic N) is 5. The van der Waals surface area contributed by atoms with E-state index in [1.54, 1.807) is 24.5 Å². The van der Waals surface area contributed by atoms with Gasteiger partial charge in [0.05, 0.1) is 12.3 Å². The van der Waals surface area contributed by atoms with Crippen LogP contribution in [0.4, 0.5) is 4.39 Å². The molecule has 0 saturated heterocycles. The Bertz CT molecular complexity index is 1420. The van der Waals surface area contributed by atoms with Gasteiger partial charge in [0.15, 0.2) is 0 Å². The Labute approximate surface area is 174 Å². The molecular weight excluding hydrogens is 401 g/mol. The molecule has 0 aliphatic carbocycles.